The minimum atomic E-state index is 0.372. The highest BCUT2D eigenvalue weighted by Crippen LogP contribution is 2.33. The van der Waals surface area contributed by atoms with Crippen LogP contribution in [0.1, 0.15) is 50.8 Å². The lowest BCUT2D eigenvalue weighted by Gasteiger charge is -2.21. The Morgan fingerprint density at radius 1 is 1.29 bits per heavy atom. The molecular formula is C12H19ClN4. The maximum absolute atomic E-state index is 6.06. The predicted octanol–water partition coefficient (Wildman–Crippen LogP) is 3.19. The summed E-state index contributed by atoms with van der Waals surface area (Å²) in [4.78, 5) is 8.84. The lowest BCUT2D eigenvalue weighted by atomic mass is 9.89. The fourth-order valence-corrected chi connectivity index (χ4v) is 2.48. The summed E-state index contributed by atoms with van der Waals surface area (Å²) >= 11 is 6.06. The first-order chi connectivity index (χ1) is 8.22. The number of nitrogens with two attached hydrogens (primary N) is 1. The molecule has 0 aliphatic heterocycles. The van der Waals surface area contributed by atoms with E-state index in [0.29, 0.717) is 22.6 Å². The van der Waals surface area contributed by atoms with Crippen LogP contribution >= 0.6 is 11.6 Å². The Hall–Kier alpha value is -1.03. The summed E-state index contributed by atoms with van der Waals surface area (Å²) in [5, 5.41) is 3.51. The molecule has 0 spiro atoms. The van der Waals surface area contributed by atoms with Gasteiger partial charge in [0.1, 0.15) is 11.5 Å². The van der Waals surface area contributed by atoms with Gasteiger partial charge in [-0.15, -0.1) is 0 Å². The molecule has 2 rings (SSSR count). The number of hydrogen-bond donors (Lipinski definition) is 2. The Balaban J connectivity index is 2.27. The van der Waals surface area contributed by atoms with Crippen molar-refractivity contribution < 1.29 is 0 Å². The molecule has 0 amide bonds. The maximum Gasteiger partial charge on any atom is 0.157 e. The number of hydrogen-bond acceptors (Lipinski definition) is 4. The van der Waals surface area contributed by atoms with Crippen LogP contribution in [0.2, 0.25) is 5.15 Å². The number of aromatic nitrogens is 2. The van der Waals surface area contributed by atoms with Crippen molar-refractivity contribution in [1.82, 2.24) is 9.97 Å². The maximum atomic E-state index is 6.06. The Morgan fingerprint density at radius 3 is 2.65 bits per heavy atom. The minimum absolute atomic E-state index is 0.372. The average Bonchev–Trinajstić information content (AvgIpc) is 2.36. The molecule has 5 heteroatoms. The number of nitrogen functional groups attached to an aromatic ring is 1. The molecule has 94 valence electrons. The fraction of sp³-hybridized carbons (Fsp3) is 0.667. The van der Waals surface area contributed by atoms with Gasteiger partial charge in [0.15, 0.2) is 11.0 Å². The molecule has 0 saturated heterocycles. The zero-order valence-corrected chi connectivity index (χ0v) is 10.9. The van der Waals surface area contributed by atoms with Crippen LogP contribution in [0.3, 0.4) is 0 Å². The van der Waals surface area contributed by atoms with Crippen molar-refractivity contribution in [2.24, 2.45) is 0 Å². The van der Waals surface area contributed by atoms with Crippen LogP contribution in [0, 0.1) is 0 Å². The van der Waals surface area contributed by atoms with E-state index in [1.165, 1.54) is 19.3 Å². The van der Waals surface area contributed by atoms with Crippen LogP contribution in [0.5, 0.6) is 0 Å². The van der Waals surface area contributed by atoms with Gasteiger partial charge in [0.05, 0.1) is 0 Å². The molecule has 17 heavy (non-hydrogen) atoms. The second-order valence-corrected chi connectivity index (χ2v) is 4.86. The summed E-state index contributed by atoms with van der Waals surface area (Å²) in [6, 6.07) is 0. The second kappa shape index (κ2) is 5.54. The van der Waals surface area contributed by atoms with Gasteiger partial charge in [-0.3, -0.25) is 0 Å². The van der Waals surface area contributed by atoms with Gasteiger partial charge < -0.3 is 11.1 Å². The largest absolute Gasteiger partial charge is 0.393 e. The van der Waals surface area contributed by atoms with Crippen LogP contribution in [0.25, 0.3) is 0 Å². The van der Waals surface area contributed by atoms with Crippen molar-refractivity contribution in [1.29, 1.82) is 0 Å². The van der Waals surface area contributed by atoms with Crippen LogP contribution in [-0.2, 0) is 0 Å². The number of nitrogens with zero attached hydrogens (tertiary/aromatic N) is 2. The van der Waals surface area contributed by atoms with E-state index in [1.807, 2.05) is 6.92 Å². The lowest BCUT2D eigenvalue weighted by Crippen LogP contribution is -2.13. The third-order valence-electron chi connectivity index (χ3n) is 3.23. The average molecular weight is 255 g/mol. The fourth-order valence-electron chi connectivity index (χ4n) is 2.30. The summed E-state index contributed by atoms with van der Waals surface area (Å²) in [6.07, 6.45) is 6.15. The molecule has 1 fully saturated rings. The molecule has 1 aliphatic carbocycles. The number of halogens is 1. The van der Waals surface area contributed by atoms with Gasteiger partial charge in [-0.05, 0) is 19.8 Å². The number of nitrogens with one attached hydrogen (secondary N) is 1. The van der Waals surface area contributed by atoms with Crippen LogP contribution < -0.4 is 11.1 Å². The third kappa shape index (κ3) is 2.80. The summed E-state index contributed by atoms with van der Waals surface area (Å²) in [6.45, 7) is 2.79. The smallest absolute Gasteiger partial charge is 0.157 e. The van der Waals surface area contributed by atoms with Gasteiger partial charge >= 0.3 is 0 Å². The second-order valence-electron chi connectivity index (χ2n) is 4.50. The van der Waals surface area contributed by atoms with E-state index in [9.17, 15) is 0 Å². The molecule has 1 aromatic rings. The van der Waals surface area contributed by atoms with Crippen molar-refractivity contribution in [3.63, 3.8) is 0 Å². The highest BCUT2D eigenvalue weighted by Gasteiger charge is 2.20. The van der Waals surface area contributed by atoms with Gasteiger partial charge in [-0.25, -0.2) is 9.97 Å². The zero-order chi connectivity index (χ0) is 12.3. The molecular weight excluding hydrogens is 236 g/mol. The minimum Gasteiger partial charge on any atom is -0.393 e. The van der Waals surface area contributed by atoms with Crippen molar-refractivity contribution >= 4 is 23.1 Å². The van der Waals surface area contributed by atoms with E-state index < -0.39 is 0 Å². The predicted molar refractivity (Wildman–Crippen MR) is 71.4 cm³/mol. The molecule has 1 aromatic heterocycles. The van der Waals surface area contributed by atoms with E-state index in [1.54, 1.807) is 0 Å². The Labute approximate surface area is 107 Å². The molecule has 1 aliphatic rings. The topological polar surface area (TPSA) is 63.8 Å². The standard InChI is InChI=1S/C12H19ClN4/c1-2-15-12-9(14)10(13)16-11(17-12)8-6-4-3-5-7-8/h8H,2-7,14H2,1H3,(H,15,16,17). The van der Waals surface area contributed by atoms with Crippen LogP contribution in [-0.4, -0.2) is 16.5 Å². The number of rotatable bonds is 3. The molecule has 1 saturated carbocycles. The lowest BCUT2D eigenvalue weighted by molar-refractivity contribution is 0.429. The summed E-state index contributed by atoms with van der Waals surface area (Å²) in [5.41, 5.74) is 6.30. The van der Waals surface area contributed by atoms with Gasteiger partial charge in [0.2, 0.25) is 0 Å². The van der Waals surface area contributed by atoms with Gasteiger partial charge in [-0.2, -0.15) is 0 Å². The van der Waals surface area contributed by atoms with E-state index in [2.05, 4.69) is 15.3 Å². The quantitative estimate of drug-likeness (QED) is 0.813. The summed E-state index contributed by atoms with van der Waals surface area (Å²) in [5.74, 6) is 1.96. The normalized spacial score (nSPS) is 17.1. The molecule has 0 atom stereocenters. The van der Waals surface area contributed by atoms with Crippen molar-refractivity contribution in [3.05, 3.63) is 11.0 Å². The van der Waals surface area contributed by atoms with Gasteiger partial charge in [-0.1, -0.05) is 30.9 Å². The monoisotopic (exact) mass is 254 g/mol. The van der Waals surface area contributed by atoms with Gasteiger partial charge in [0, 0.05) is 12.5 Å². The molecule has 3 N–H and O–H groups in total. The molecule has 4 nitrogen and oxygen atoms in total. The van der Waals surface area contributed by atoms with E-state index >= 15 is 0 Å². The Morgan fingerprint density at radius 2 is 2.00 bits per heavy atom. The SMILES string of the molecule is CCNc1nc(C2CCCCC2)nc(Cl)c1N. The van der Waals surface area contributed by atoms with E-state index in [0.717, 1.165) is 25.2 Å². The van der Waals surface area contributed by atoms with Gasteiger partial charge in [0.25, 0.3) is 0 Å². The molecule has 0 radical (unpaired) electrons. The Bertz CT molecular complexity index is 388. The first kappa shape index (κ1) is 12.4. The van der Waals surface area contributed by atoms with Crippen LogP contribution in [0.4, 0.5) is 11.5 Å². The summed E-state index contributed by atoms with van der Waals surface area (Å²) < 4.78 is 0. The summed E-state index contributed by atoms with van der Waals surface area (Å²) in [7, 11) is 0. The van der Waals surface area contributed by atoms with Crippen molar-refractivity contribution in [3.8, 4) is 0 Å². The molecule has 1 heterocycles. The van der Waals surface area contributed by atoms with E-state index in [-0.39, 0.29) is 0 Å². The van der Waals surface area contributed by atoms with Crippen LogP contribution in [0.15, 0.2) is 0 Å². The highest BCUT2D eigenvalue weighted by molar-refractivity contribution is 6.32. The van der Waals surface area contributed by atoms with Crippen molar-refractivity contribution in [2.75, 3.05) is 17.6 Å². The highest BCUT2D eigenvalue weighted by atomic mass is 35.5. The Kier molecular flexibility index (Phi) is 4.05. The molecule has 0 bridgehead atoms. The third-order valence-corrected chi connectivity index (χ3v) is 3.52. The van der Waals surface area contributed by atoms with E-state index in [4.69, 9.17) is 17.3 Å². The van der Waals surface area contributed by atoms with Crippen molar-refractivity contribution in [2.45, 2.75) is 44.9 Å². The zero-order valence-electron chi connectivity index (χ0n) is 10.2. The molecule has 0 aromatic carbocycles. The first-order valence-corrected chi connectivity index (χ1v) is 6.67. The first-order valence-electron chi connectivity index (χ1n) is 6.29. The number of anilines is 2. The molecule has 0 unspecified atom stereocenters.